The van der Waals surface area contributed by atoms with Crippen molar-refractivity contribution < 1.29 is 78.7 Å². The maximum absolute atomic E-state index is 12.0. The zero-order valence-electron chi connectivity index (χ0n) is 36.5. The minimum atomic E-state index is -1.71. The first-order valence-electron chi connectivity index (χ1n) is 23.2. The van der Waals surface area contributed by atoms with E-state index in [1.165, 1.54) is 25.8 Å². The van der Waals surface area contributed by atoms with Crippen LogP contribution in [-0.4, -0.2) is 164 Å². The van der Waals surface area contributed by atoms with E-state index in [9.17, 15) is 40.9 Å². The highest BCUT2D eigenvalue weighted by molar-refractivity contribution is 5.26. The zero-order valence-corrected chi connectivity index (χ0v) is 36.5. The van der Waals surface area contributed by atoms with Crippen LogP contribution in [0.2, 0.25) is 0 Å². The standard InChI is InChI=1S/C45H72O16/c1-19-9-14-45(54-18-19)20(2)30-28(61-45)16-27-25-8-7-23-15-24(10-12-43(23,5)26(25)11-13-44(27,30)6)57-42-39(60-41-36(52)34(50)32(48)22(4)56-41)37(53)38(29(17-46)58-42)59-40-35(51)33(49)31(47)21(3)55-40/h7,19-22,24-42,46-53H,8-18H2,1-6H3/t19-,20+,21+,22+,24+,25-,26-,27+,28?,29-,30-,31+,32+,33-,34-,35-,36-,37+,38-,39-,40+,41+,42-,43+,44+,45+/m1/s1. The summed E-state index contributed by atoms with van der Waals surface area (Å²) in [5.41, 5.74) is 1.53. The molecule has 8 fully saturated rings. The van der Waals surface area contributed by atoms with Gasteiger partial charge in [-0.25, -0.2) is 0 Å². The normalized spacial score (nSPS) is 58.4. The maximum atomic E-state index is 12.0. The molecule has 0 aromatic heterocycles. The van der Waals surface area contributed by atoms with Crippen molar-refractivity contribution in [1.29, 1.82) is 0 Å². The predicted molar refractivity (Wildman–Crippen MR) is 213 cm³/mol. The van der Waals surface area contributed by atoms with Crippen LogP contribution in [0, 0.1) is 46.3 Å². The van der Waals surface area contributed by atoms with E-state index >= 15 is 0 Å². The molecule has 0 radical (unpaired) electrons. The maximum Gasteiger partial charge on any atom is 0.187 e. The third-order valence-electron chi connectivity index (χ3n) is 17.6. The quantitative estimate of drug-likeness (QED) is 0.168. The molecular weight excluding hydrogens is 796 g/mol. The molecule has 348 valence electrons. The Labute approximate surface area is 358 Å². The van der Waals surface area contributed by atoms with Gasteiger partial charge in [0, 0.05) is 12.3 Å². The molecule has 16 nitrogen and oxygen atoms in total. The molecule has 26 atom stereocenters. The van der Waals surface area contributed by atoms with E-state index in [2.05, 4.69) is 33.8 Å². The van der Waals surface area contributed by atoms with E-state index in [4.69, 9.17) is 37.9 Å². The molecule has 0 amide bonds. The lowest BCUT2D eigenvalue weighted by Gasteiger charge is -2.58. The van der Waals surface area contributed by atoms with E-state index in [0.29, 0.717) is 48.3 Å². The Balaban J connectivity index is 0.916. The smallest absolute Gasteiger partial charge is 0.187 e. The summed E-state index contributed by atoms with van der Waals surface area (Å²) >= 11 is 0. The van der Waals surface area contributed by atoms with Crippen molar-refractivity contribution >= 4 is 0 Å². The van der Waals surface area contributed by atoms with Gasteiger partial charge in [-0.3, -0.25) is 0 Å². The van der Waals surface area contributed by atoms with Crippen molar-refractivity contribution in [3.05, 3.63) is 11.6 Å². The van der Waals surface area contributed by atoms with Crippen LogP contribution in [-0.2, 0) is 37.9 Å². The highest BCUT2D eigenvalue weighted by Gasteiger charge is 2.69. The minimum absolute atomic E-state index is 0.0171. The van der Waals surface area contributed by atoms with Crippen molar-refractivity contribution in [2.24, 2.45) is 46.3 Å². The Kier molecular flexibility index (Phi) is 12.4. The number of ether oxygens (including phenoxy) is 8. The average molecular weight is 869 g/mol. The Morgan fingerprint density at radius 2 is 1.34 bits per heavy atom. The van der Waals surface area contributed by atoms with Gasteiger partial charge in [0.1, 0.15) is 61.0 Å². The fourth-order valence-corrected chi connectivity index (χ4v) is 14.0. The van der Waals surface area contributed by atoms with Gasteiger partial charge in [-0.15, -0.1) is 0 Å². The van der Waals surface area contributed by atoms with Gasteiger partial charge in [-0.2, -0.15) is 0 Å². The highest BCUT2D eigenvalue weighted by Crippen LogP contribution is 2.70. The molecule has 0 aromatic carbocycles. The first kappa shape index (κ1) is 45.3. The van der Waals surface area contributed by atoms with Gasteiger partial charge in [-0.05, 0) is 106 Å². The fourth-order valence-electron chi connectivity index (χ4n) is 14.0. The SMILES string of the molecule is C[C@@H]1CC[C@]2(OC1)OC1C[C@H]3[C@@H]4CC=C5C[C@@H](O[C@@H]6O[C@H](CO)[C@@H](O[C@@H]7O[C@@H](C)[C@H](O)[C@@H](O)[C@H]7O)[C@H](O)[C@H]6O[C@@H]6O[C@@H](C)[C@H](O)[C@@H](O)[C@H]6O)CC[C@]5(C)[C@@H]4CC[C@]3(C)[C@@H]1[C@@H]2C. The summed E-state index contributed by atoms with van der Waals surface area (Å²) in [6, 6.07) is 0. The number of aliphatic hydroxyl groups excluding tert-OH is 8. The van der Waals surface area contributed by atoms with Crippen LogP contribution in [0.3, 0.4) is 0 Å². The molecule has 5 aliphatic heterocycles. The van der Waals surface area contributed by atoms with Crippen LogP contribution in [0.4, 0.5) is 0 Å². The molecular formula is C45H72O16. The fraction of sp³-hybridized carbons (Fsp3) is 0.956. The van der Waals surface area contributed by atoms with Crippen LogP contribution in [0.25, 0.3) is 0 Å². The van der Waals surface area contributed by atoms with E-state index < -0.39 is 105 Å². The molecule has 0 aromatic rings. The van der Waals surface area contributed by atoms with Gasteiger partial charge in [0.05, 0.1) is 37.6 Å². The molecule has 1 spiro atoms. The Morgan fingerprint density at radius 1 is 0.689 bits per heavy atom. The zero-order chi connectivity index (χ0) is 43.5. The predicted octanol–water partition coefficient (Wildman–Crippen LogP) is 1.24. The molecule has 9 rings (SSSR count). The molecule has 61 heavy (non-hydrogen) atoms. The number of hydrogen-bond acceptors (Lipinski definition) is 16. The topological polar surface area (TPSA) is 236 Å². The third-order valence-corrected chi connectivity index (χ3v) is 17.6. The number of hydrogen-bond donors (Lipinski definition) is 8. The van der Waals surface area contributed by atoms with Crippen molar-refractivity contribution in [1.82, 2.24) is 0 Å². The van der Waals surface area contributed by atoms with Crippen molar-refractivity contribution in [3.8, 4) is 0 Å². The van der Waals surface area contributed by atoms with Crippen molar-refractivity contribution in [3.63, 3.8) is 0 Å². The summed E-state index contributed by atoms with van der Waals surface area (Å²) in [5.74, 6) is 2.64. The van der Waals surface area contributed by atoms with Crippen LogP contribution < -0.4 is 0 Å². The second-order valence-electron chi connectivity index (χ2n) is 21.1. The first-order chi connectivity index (χ1) is 28.9. The Hall–Kier alpha value is -0.900. The number of fused-ring (bicyclic) bond motifs is 7. The molecule has 4 aliphatic carbocycles. The molecule has 9 aliphatic rings. The number of rotatable bonds is 7. The number of allylic oxidation sites excluding steroid dienone is 1. The molecule has 5 heterocycles. The monoisotopic (exact) mass is 868 g/mol. The van der Waals surface area contributed by atoms with Crippen molar-refractivity contribution in [2.45, 2.75) is 209 Å². The largest absolute Gasteiger partial charge is 0.394 e. The Morgan fingerprint density at radius 3 is 1.97 bits per heavy atom. The third kappa shape index (κ3) is 7.42. The highest BCUT2D eigenvalue weighted by atomic mass is 16.8. The van der Waals surface area contributed by atoms with Crippen LogP contribution in [0.1, 0.15) is 99.3 Å². The molecule has 1 unspecified atom stereocenters. The van der Waals surface area contributed by atoms with Crippen LogP contribution >= 0.6 is 0 Å². The van der Waals surface area contributed by atoms with E-state index in [1.807, 2.05) is 0 Å². The van der Waals surface area contributed by atoms with Gasteiger partial charge in [0.25, 0.3) is 0 Å². The lowest BCUT2D eigenvalue weighted by atomic mass is 9.47. The molecule has 16 heteroatoms. The van der Waals surface area contributed by atoms with Gasteiger partial charge in [0.15, 0.2) is 24.7 Å². The summed E-state index contributed by atoms with van der Waals surface area (Å²) < 4.78 is 50.1. The number of aliphatic hydroxyl groups is 8. The summed E-state index contributed by atoms with van der Waals surface area (Å²) in [7, 11) is 0. The second kappa shape index (κ2) is 16.8. The van der Waals surface area contributed by atoms with Crippen LogP contribution in [0.5, 0.6) is 0 Å². The van der Waals surface area contributed by atoms with Crippen LogP contribution in [0.15, 0.2) is 11.6 Å². The first-order valence-corrected chi connectivity index (χ1v) is 23.2. The van der Waals surface area contributed by atoms with E-state index in [0.717, 1.165) is 45.1 Å². The van der Waals surface area contributed by atoms with E-state index in [-0.39, 0.29) is 23.0 Å². The van der Waals surface area contributed by atoms with Gasteiger partial charge < -0.3 is 78.7 Å². The molecule has 5 saturated heterocycles. The van der Waals surface area contributed by atoms with E-state index in [1.54, 1.807) is 0 Å². The summed E-state index contributed by atoms with van der Waals surface area (Å²) in [6.07, 6.45) is -10.4. The lowest BCUT2D eigenvalue weighted by molar-refractivity contribution is -0.388. The summed E-state index contributed by atoms with van der Waals surface area (Å²) in [6.45, 7) is 12.7. The Bertz CT molecular complexity index is 1590. The molecule has 3 saturated carbocycles. The molecule has 8 N–H and O–H groups in total. The minimum Gasteiger partial charge on any atom is -0.394 e. The summed E-state index contributed by atoms with van der Waals surface area (Å²) in [5, 5.41) is 85.9. The lowest BCUT2D eigenvalue weighted by Crippen LogP contribution is -2.66. The average Bonchev–Trinajstić information content (AvgIpc) is 3.69. The summed E-state index contributed by atoms with van der Waals surface area (Å²) in [4.78, 5) is 0. The molecule has 0 bridgehead atoms. The van der Waals surface area contributed by atoms with Gasteiger partial charge in [0.2, 0.25) is 0 Å². The van der Waals surface area contributed by atoms with Gasteiger partial charge >= 0.3 is 0 Å². The van der Waals surface area contributed by atoms with Gasteiger partial charge in [-0.1, -0.05) is 39.3 Å². The van der Waals surface area contributed by atoms with Crippen molar-refractivity contribution in [2.75, 3.05) is 13.2 Å². The second-order valence-corrected chi connectivity index (χ2v) is 21.1.